The molecular weight excluding hydrogens is 250 g/mol. The molecule has 0 bridgehead atoms. The van der Waals surface area contributed by atoms with Gasteiger partial charge in [0.2, 0.25) is 0 Å². The highest BCUT2D eigenvalue weighted by molar-refractivity contribution is 5.27. The van der Waals surface area contributed by atoms with Crippen molar-refractivity contribution in [3.8, 4) is 5.75 Å². The van der Waals surface area contributed by atoms with Gasteiger partial charge in [0.1, 0.15) is 23.9 Å². The summed E-state index contributed by atoms with van der Waals surface area (Å²) in [6.07, 6.45) is 1.13. The molecule has 0 saturated heterocycles. The second-order valence-electron chi connectivity index (χ2n) is 5.07. The third kappa shape index (κ3) is 4.14. The fraction of sp³-hybridized carbons (Fsp3) is 0.412. The largest absolute Gasteiger partial charge is 0.489 e. The van der Waals surface area contributed by atoms with Crippen LogP contribution in [0.25, 0.3) is 0 Å². The van der Waals surface area contributed by atoms with Crippen molar-refractivity contribution in [3.63, 3.8) is 0 Å². The summed E-state index contributed by atoms with van der Waals surface area (Å²) in [5, 5.41) is 3.34. The Morgan fingerprint density at radius 3 is 2.60 bits per heavy atom. The van der Waals surface area contributed by atoms with Gasteiger partial charge in [-0.05, 0) is 45.0 Å². The molecule has 2 rings (SSSR count). The lowest BCUT2D eigenvalue weighted by Gasteiger charge is -2.05. The van der Waals surface area contributed by atoms with Crippen LogP contribution in [0.15, 0.2) is 34.7 Å². The molecule has 0 aliphatic rings. The van der Waals surface area contributed by atoms with Crippen molar-refractivity contribution < 1.29 is 9.15 Å². The van der Waals surface area contributed by atoms with Crippen molar-refractivity contribution in [2.45, 2.75) is 40.3 Å². The maximum Gasteiger partial charge on any atom is 0.119 e. The maximum atomic E-state index is 5.79. The van der Waals surface area contributed by atoms with Crippen molar-refractivity contribution in [1.29, 1.82) is 0 Å². The molecule has 1 heterocycles. The van der Waals surface area contributed by atoms with Gasteiger partial charge in [-0.1, -0.05) is 24.6 Å². The SMILES string of the molecule is CCCNCc1cc(COc2ccc(C)cc2)c(C)o1. The molecule has 1 aromatic heterocycles. The first-order valence-electron chi connectivity index (χ1n) is 7.17. The summed E-state index contributed by atoms with van der Waals surface area (Å²) in [6, 6.07) is 10.2. The smallest absolute Gasteiger partial charge is 0.119 e. The summed E-state index contributed by atoms with van der Waals surface area (Å²) < 4.78 is 11.5. The van der Waals surface area contributed by atoms with Gasteiger partial charge in [0.05, 0.1) is 6.54 Å². The van der Waals surface area contributed by atoms with Gasteiger partial charge in [0.25, 0.3) is 0 Å². The van der Waals surface area contributed by atoms with Gasteiger partial charge < -0.3 is 14.5 Å². The summed E-state index contributed by atoms with van der Waals surface area (Å²) in [4.78, 5) is 0. The minimum atomic E-state index is 0.548. The number of hydrogen-bond donors (Lipinski definition) is 1. The van der Waals surface area contributed by atoms with E-state index in [1.54, 1.807) is 0 Å². The fourth-order valence-corrected chi connectivity index (χ4v) is 2.00. The Balaban J connectivity index is 1.90. The van der Waals surface area contributed by atoms with E-state index in [1.807, 2.05) is 19.1 Å². The molecule has 0 atom stereocenters. The molecule has 0 fully saturated rings. The summed E-state index contributed by atoms with van der Waals surface area (Å²) in [5.41, 5.74) is 2.35. The second-order valence-corrected chi connectivity index (χ2v) is 5.07. The van der Waals surface area contributed by atoms with Crippen molar-refractivity contribution in [2.24, 2.45) is 0 Å². The molecule has 0 radical (unpaired) electrons. The maximum absolute atomic E-state index is 5.79. The van der Waals surface area contributed by atoms with Crippen LogP contribution < -0.4 is 10.1 Å². The molecule has 0 saturated carbocycles. The van der Waals surface area contributed by atoms with Crippen LogP contribution in [-0.4, -0.2) is 6.54 Å². The van der Waals surface area contributed by atoms with Crippen LogP contribution >= 0.6 is 0 Å². The predicted molar refractivity (Wildman–Crippen MR) is 81.0 cm³/mol. The molecule has 0 unspecified atom stereocenters. The molecule has 108 valence electrons. The number of benzene rings is 1. The van der Waals surface area contributed by atoms with E-state index in [0.717, 1.165) is 42.3 Å². The van der Waals surface area contributed by atoms with E-state index >= 15 is 0 Å². The van der Waals surface area contributed by atoms with Crippen LogP contribution in [0, 0.1) is 13.8 Å². The standard InChI is InChI=1S/C17H23NO2/c1-4-9-18-11-17-10-15(14(3)20-17)12-19-16-7-5-13(2)6-8-16/h5-8,10,18H,4,9,11-12H2,1-3H3. The minimum absolute atomic E-state index is 0.548. The monoisotopic (exact) mass is 273 g/mol. The molecule has 1 aromatic carbocycles. The molecule has 0 aliphatic carbocycles. The van der Waals surface area contributed by atoms with E-state index in [4.69, 9.17) is 9.15 Å². The number of furan rings is 1. The van der Waals surface area contributed by atoms with E-state index in [9.17, 15) is 0 Å². The molecule has 20 heavy (non-hydrogen) atoms. The molecule has 3 heteroatoms. The zero-order valence-electron chi connectivity index (χ0n) is 12.5. The Bertz CT molecular complexity index is 528. The highest BCUT2D eigenvalue weighted by Crippen LogP contribution is 2.18. The summed E-state index contributed by atoms with van der Waals surface area (Å²) in [6.45, 7) is 8.54. The molecular formula is C17H23NO2. The van der Waals surface area contributed by atoms with Crippen LogP contribution in [0.1, 0.15) is 36.0 Å². The van der Waals surface area contributed by atoms with E-state index in [0.29, 0.717) is 6.61 Å². The third-order valence-electron chi connectivity index (χ3n) is 3.21. The van der Waals surface area contributed by atoms with Crippen molar-refractivity contribution in [1.82, 2.24) is 5.32 Å². The second kappa shape index (κ2) is 7.15. The Kier molecular flexibility index (Phi) is 5.24. The average molecular weight is 273 g/mol. The number of rotatable bonds is 7. The Morgan fingerprint density at radius 1 is 1.15 bits per heavy atom. The number of aryl methyl sites for hydroxylation is 2. The third-order valence-corrected chi connectivity index (χ3v) is 3.21. The first kappa shape index (κ1) is 14.7. The highest BCUT2D eigenvalue weighted by atomic mass is 16.5. The summed E-state index contributed by atoms with van der Waals surface area (Å²) in [7, 11) is 0. The van der Waals surface area contributed by atoms with Crippen molar-refractivity contribution in [3.05, 3.63) is 53.0 Å². The quantitative estimate of drug-likeness (QED) is 0.775. The lowest BCUT2D eigenvalue weighted by atomic mass is 10.2. The average Bonchev–Trinajstić information content (AvgIpc) is 2.79. The Morgan fingerprint density at radius 2 is 1.90 bits per heavy atom. The minimum Gasteiger partial charge on any atom is -0.489 e. The number of hydrogen-bond acceptors (Lipinski definition) is 3. The molecule has 2 aromatic rings. The van der Waals surface area contributed by atoms with Gasteiger partial charge in [-0.3, -0.25) is 0 Å². The zero-order valence-corrected chi connectivity index (χ0v) is 12.5. The topological polar surface area (TPSA) is 34.4 Å². The first-order chi connectivity index (χ1) is 9.69. The molecule has 0 aliphatic heterocycles. The molecule has 3 nitrogen and oxygen atoms in total. The van der Waals surface area contributed by atoms with Gasteiger partial charge in [0, 0.05) is 5.56 Å². The predicted octanol–water partition coefficient (Wildman–Crippen LogP) is 3.98. The van der Waals surface area contributed by atoms with Crippen LogP contribution in [0.2, 0.25) is 0 Å². The van der Waals surface area contributed by atoms with Crippen LogP contribution in [-0.2, 0) is 13.2 Å². The van der Waals surface area contributed by atoms with E-state index in [1.165, 1.54) is 5.56 Å². The van der Waals surface area contributed by atoms with Gasteiger partial charge in [-0.15, -0.1) is 0 Å². The molecule has 0 amide bonds. The van der Waals surface area contributed by atoms with Crippen LogP contribution in [0.5, 0.6) is 5.75 Å². The van der Waals surface area contributed by atoms with E-state index in [2.05, 4.69) is 37.4 Å². The summed E-state index contributed by atoms with van der Waals surface area (Å²) >= 11 is 0. The highest BCUT2D eigenvalue weighted by Gasteiger charge is 2.07. The summed E-state index contributed by atoms with van der Waals surface area (Å²) in [5.74, 6) is 2.80. The lowest BCUT2D eigenvalue weighted by Crippen LogP contribution is -2.13. The molecule has 1 N–H and O–H groups in total. The van der Waals surface area contributed by atoms with Gasteiger partial charge in [-0.25, -0.2) is 0 Å². The van der Waals surface area contributed by atoms with Crippen molar-refractivity contribution in [2.75, 3.05) is 6.54 Å². The van der Waals surface area contributed by atoms with Gasteiger partial charge >= 0.3 is 0 Å². The number of nitrogens with one attached hydrogen (secondary N) is 1. The normalized spacial score (nSPS) is 10.8. The Hall–Kier alpha value is -1.74. The Labute approximate surface area is 121 Å². The first-order valence-corrected chi connectivity index (χ1v) is 7.17. The fourth-order valence-electron chi connectivity index (χ4n) is 2.00. The van der Waals surface area contributed by atoms with Gasteiger partial charge in [-0.2, -0.15) is 0 Å². The van der Waals surface area contributed by atoms with Crippen molar-refractivity contribution >= 4 is 0 Å². The lowest BCUT2D eigenvalue weighted by molar-refractivity contribution is 0.303. The van der Waals surface area contributed by atoms with E-state index < -0.39 is 0 Å². The van der Waals surface area contributed by atoms with Gasteiger partial charge in [0.15, 0.2) is 0 Å². The zero-order chi connectivity index (χ0) is 14.4. The van der Waals surface area contributed by atoms with Crippen LogP contribution in [0.3, 0.4) is 0 Å². The number of ether oxygens (including phenoxy) is 1. The molecule has 0 spiro atoms. The van der Waals surface area contributed by atoms with E-state index in [-0.39, 0.29) is 0 Å². The van der Waals surface area contributed by atoms with Crippen LogP contribution in [0.4, 0.5) is 0 Å².